The van der Waals surface area contributed by atoms with Gasteiger partial charge < -0.3 is 9.67 Å². The summed E-state index contributed by atoms with van der Waals surface area (Å²) >= 11 is 5.77. The molecule has 1 fully saturated rings. The Kier molecular flexibility index (Phi) is 2.80. The van der Waals surface area contributed by atoms with E-state index < -0.39 is 5.82 Å². The molecule has 94 valence electrons. The maximum atomic E-state index is 14.0. The number of halogens is 2. The van der Waals surface area contributed by atoms with Crippen LogP contribution in [0.3, 0.4) is 0 Å². The standard InChI is InChI=1S/C12H11ClFN3O/c13-9-3-1-2-8(11(9)14)12-16-15-10(6-18)17(12)7-4-5-7/h1-3,7,18H,4-6H2. The van der Waals surface area contributed by atoms with E-state index in [4.69, 9.17) is 11.6 Å². The fraction of sp³-hybridized carbons (Fsp3) is 0.333. The summed E-state index contributed by atoms with van der Waals surface area (Å²) in [5, 5.41) is 17.2. The molecule has 0 spiro atoms. The molecule has 0 bridgehead atoms. The van der Waals surface area contributed by atoms with Crippen LogP contribution in [0.15, 0.2) is 18.2 Å². The number of hydrogen-bond acceptors (Lipinski definition) is 3. The van der Waals surface area contributed by atoms with E-state index in [2.05, 4.69) is 10.2 Å². The van der Waals surface area contributed by atoms with E-state index in [9.17, 15) is 9.50 Å². The minimum atomic E-state index is -0.502. The highest BCUT2D eigenvalue weighted by Crippen LogP contribution is 2.39. The Morgan fingerprint density at radius 3 is 2.83 bits per heavy atom. The maximum absolute atomic E-state index is 14.0. The van der Waals surface area contributed by atoms with Crippen LogP contribution in [-0.2, 0) is 6.61 Å². The average molecular weight is 268 g/mol. The molecule has 0 aliphatic heterocycles. The predicted octanol–water partition coefficient (Wildman–Crippen LogP) is 2.56. The van der Waals surface area contributed by atoms with Crippen molar-refractivity contribution < 1.29 is 9.50 Å². The molecule has 0 radical (unpaired) electrons. The summed E-state index contributed by atoms with van der Waals surface area (Å²) in [6, 6.07) is 5.04. The van der Waals surface area contributed by atoms with Crippen molar-refractivity contribution in [3.8, 4) is 11.4 Å². The number of hydrogen-bond donors (Lipinski definition) is 1. The highest BCUT2D eigenvalue weighted by Gasteiger charge is 2.30. The number of aliphatic hydroxyl groups excluding tert-OH is 1. The normalized spacial score (nSPS) is 15.1. The van der Waals surface area contributed by atoms with Crippen LogP contribution in [0.5, 0.6) is 0 Å². The number of nitrogens with zero attached hydrogens (tertiary/aromatic N) is 3. The van der Waals surface area contributed by atoms with E-state index in [1.807, 2.05) is 0 Å². The van der Waals surface area contributed by atoms with Gasteiger partial charge in [0.25, 0.3) is 0 Å². The summed E-state index contributed by atoms with van der Waals surface area (Å²) < 4.78 is 15.8. The van der Waals surface area contributed by atoms with Crippen molar-refractivity contribution in [3.05, 3.63) is 34.9 Å². The molecule has 2 aromatic rings. The van der Waals surface area contributed by atoms with Gasteiger partial charge in [-0.15, -0.1) is 10.2 Å². The van der Waals surface area contributed by atoms with E-state index in [-0.39, 0.29) is 17.7 Å². The molecule has 1 aliphatic rings. The SMILES string of the molecule is OCc1nnc(-c2cccc(Cl)c2F)n1C1CC1. The highest BCUT2D eigenvalue weighted by atomic mass is 35.5. The summed E-state index contributed by atoms with van der Waals surface area (Å²) in [5.41, 5.74) is 0.321. The van der Waals surface area contributed by atoms with Crippen LogP contribution in [0.4, 0.5) is 4.39 Å². The first-order chi connectivity index (χ1) is 8.72. The van der Waals surface area contributed by atoms with Crippen LogP contribution in [0.1, 0.15) is 24.7 Å². The Balaban J connectivity index is 2.17. The maximum Gasteiger partial charge on any atom is 0.167 e. The molecule has 6 heteroatoms. The molecule has 0 saturated heterocycles. The molecule has 1 N–H and O–H groups in total. The molecule has 0 amide bonds. The zero-order valence-electron chi connectivity index (χ0n) is 9.48. The largest absolute Gasteiger partial charge is 0.388 e. The third-order valence-electron chi connectivity index (χ3n) is 3.01. The van der Waals surface area contributed by atoms with E-state index in [0.29, 0.717) is 17.2 Å². The van der Waals surface area contributed by atoms with Crippen molar-refractivity contribution in [2.45, 2.75) is 25.5 Å². The van der Waals surface area contributed by atoms with E-state index in [1.54, 1.807) is 16.7 Å². The van der Waals surface area contributed by atoms with Gasteiger partial charge in [0.1, 0.15) is 6.61 Å². The third-order valence-corrected chi connectivity index (χ3v) is 3.30. The van der Waals surface area contributed by atoms with Crippen LogP contribution in [0.2, 0.25) is 5.02 Å². The van der Waals surface area contributed by atoms with Crippen LogP contribution in [-0.4, -0.2) is 19.9 Å². The van der Waals surface area contributed by atoms with Gasteiger partial charge in [-0.25, -0.2) is 4.39 Å². The molecule has 1 aromatic carbocycles. The molecule has 1 saturated carbocycles. The minimum Gasteiger partial charge on any atom is -0.388 e. The first kappa shape index (κ1) is 11.6. The molecular weight excluding hydrogens is 257 g/mol. The Labute approximate surface area is 108 Å². The van der Waals surface area contributed by atoms with Gasteiger partial charge in [-0.1, -0.05) is 17.7 Å². The van der Waals surface area contributed by atoms with E-state index >= 15 is 0 Å². The average Bonchev–Trinajstić information content (AvgIpc) is 3.12. The second kappa shape index (κ2) is 4.33. The van der Waals surface area contributed by atoms with Crippen molar-refractivity contribution in [2.75, 3.05) is 0 Å². The molecule has 1 aromatic heterocycles. The Morgan fingerprint density at radius 2 is 2.17 bits per heavy atom. The van der Waals surface area contributed by atoms with Crippen LogP contribution < -0.4 is 0 Å². The number of aromatic nitrogens is 3. The van der Waals surface area contributed by atoms with Gasteiger partial charge in [0.15, 0.2) is 17.5 Å². The summed E-state index contributed by atoms with van der Waals surface area (Å²) in [6.07, 6.45) is 2.00. The van der Waals surface area contributed by atoms with Gasteiger partial charge >= 0.3 is 0 Å². The van der Waals surface area contributed by atoms with Gasteiger partial charge in [0, 0.05) is 6.04 Å². The zero-order chi connectivity index (χ0) is 12.7. The summed E-state index contributed by atoms with van der Waals surface area (Å²) in [6.45, 7) is -0.203. The lowest BCUT2D eigenvalue weighted by molar-refractivity contribution is 0.265. The van der Waals surface area contributed by atoms with E-state index in [0.717, 1.165) is 12.8 Å². The molecule has 18 heavy (non-hydrogen) atoms. The number of rotatable bonds is 3. The third kappa shape index (κ3) is 1.79. The summed E-state index contributed by atoms with van der Waals surface area (Å²) in [5.74, 6) is 0.395. The fourth-order valence-corrected chi connectivity index (χ4v) is 2.18. The lowest BCUT2D eigenvalue weighted by Crippen LogP contribution is -2.04. The molecule has 0 atom stereocenters. The number of aliphatic hydroxyl groups is 1. The van der Waals surface area contributed by atoms with Crippen molar-refractivity contribution >= 4 is 11.6 Å². The highest BCUT2D eigenvalue weighted by molar-refractivity contribution is 6.31. The lowest BCUT2D eigenvalue weighted by Gasteiger charge is -2.08. The fourth-order valence-electron chi connectivity index (χ4n) is 2.01. The van der Waals surface area contributed by atoms with Crippen molar-refractivity contribution in [2.24, 2.45) is 0 Å². The smallest absolute Gasteiger partial charge is 0.167 e. The summed E-state index contributed by atoms with van der Waals surface area (Å²) in [7, 11) is 0. The van der Waals surface area contributed by atoms with Gasteiger partial charge in [-0.05, 0) is 25.0 Å². The quantitative estimate of drug-likeness (QED) is 0.930. The molecule has 3 rings (SSSR count). The predicted molar refractivity (Wildman–Crippen MR) is 64.6 cm³/mol. The second-order valence-corrected chi connectivity index (χ2v) is 4.71. The van der Waals surface area contributed by atoms with Gasteiger partial charge in [-0.2, -0.15) is 0 Å². The molecule has 0 unspecified atom stereocenters. The number of benzene rings is 1. The molecule has 1 heterocycles. The topological polar surface area (TPSA) is 50.9 Å². The van der Waals surface area contributed by atoms with Crippen molar-refractivity contribution in [1.82, 2.24) is 14.8 Å². The molecular formula is C12H11ClFN3O. The lowest BCUT2D eigenvalue weighted by atomic mass is 10.2. The zero-order valence-corrected chi connectivity index (χ0v) is 10.2. The monoisotopic (exact) mass is 267 g/mol. The van der Waals surface area contributed by atoms with Crippen molar-refractivity contribution in [1.29, 1.82) is 0 Å². The van der Waals surface area contributed by atoms with Gasteiger partial charge in [-0.3, -0.25) is 0 Å². The first-order valence-electron chi connectivity index (χ1n) is 5.71. The van der Waals surface area contributed by atoms with Crippen LogP contribution in [0, 0.1) is 5.82 Å². The minimum absolute atomic E-state index is 0.0587. The second-order valence-electron chi connectivity index (χ2n) is 4.30. The molecule has 4 nitrogen and oxygen atoms in total. The van der Waals surface area contributed by atoms with E-state index in [1.165, 1.54) is 6.07 Å². The molecule has 1 aliphatic carbocycles. The Morgan fingerprint density at radius 1 is 1.39 bits per heavy atom. The van der Waals surface area contributed by atoms with Crippen LogP contribution in [0.25, 0.3) is 11.4 Å². The van der Waals surface area contributed by atoms with Gasteiger partial charge in [0.05, 0.1) is 10.6 Å². The summed E-state index contributed by atoms with van der Waals surface area (Å²) in [4.78, 5) is 0. The van der Waals surface area contributed by atoms with Crippen LogP contribution >= 0.6 is 11.6 Å². The Bertz CT molecular complexity index is 595. The Hall–Kier alpha value is -1.46. The van der Waals surface area contributed by atoms with Crippen molar-refractivity contribution in [3.63, 3.8) is 0 Å². The van der Waals surface area contributed by atoms with Gasteiger partial charge in [0.2, 0.25) is 0 Å². The first-order valence-corrected chi connectivity index (χ1v) is 6.09.